The number of rotatable bonds is 8. The van der Waals surface area contributed by atoms with Crippen molar-refractivity contribution < 1.29 is 14.3 Å². The van der Waals surface area contributed by atoms with Crippen LogP contribution < -0.4 is 4.74 Å². The first-order chi connectivity index (χ1) is 13.2. The number of ether oxygens (including phenoxy) is 1. The lowest BCUT2D eigenvalue weighted by Gasteiger charge is -2.15. The minimum absolute atomic E-state index is 0.132. The summed E-state index contributed by atoms with van der Waals surface area (Å²) in [6.45, 7) is 0. The van der Waals surface area contributed by atoms with E-state index in [1.807, 2.05) is 48.5 Å². The van der Waals surface area contributed by atoms with Gasteiger partial charge < -0.3 is 4.74 Å². The molecule has 3 nitrogen and oxygen atoms in total. The first-order valence-electron chi connectivity index (χ1n) is 9.00. The second-order valence-electron chi connectivity index (χ2n) is 6.40. The predicted molar refractivity (Wildman–Crippen MR) is 106 cm³/mol. The van der Waals surface area contributed by atoms with Crippen LogP contribution >= 0.6 is 0 Å². The highest BCUT2D eigenvalue weighted by Crippen LogP contribution is 2.22. The Balaban J connectivity index is 1.85. The van der Waals surface area contributed by atoms with E-state index in [4.69, 9.17) is 4.74 Å². The first-order valence-corrected chi connectivity index (χ1v) is 9.00. The Kier molecular flexibility index (Phi) is 6.16. The largest absolute Gasteiger partial charge is 0.497 e. The van der Waals surface area contributed by atoms with Crippen LogP contribution in [0.3, 0.4) is 0 Å². The summed E-state index contributed by atoms with van der Waals surface area (Å²) in [4.78, 5) is 26.2. The van der Waals surface area contributed by atoms with Crippen LogP contribution in [0.1, 0.15) is 32.7 Å². The second-order valence-corrected chi connectivity index (χ2v) is 6.40. The number of hydrogen-bond donors (Lipinski definition) is 0. The van der Waals surface area contributed by atoms with Crippen molar-refractivity contribution >= 4 is 11.6 Å². The molecule has 0 saturated heterocycles. The molecule has 0 aliphatic rings. The number of ketones is 2. The SMILES string of the molecule is COc1ccc(C(=O)[C@H](CCc2ccccc2)C(=O)c2ccccc2)cc1. The molecule has 0 aliphatic carbocycles. The molecule has 0 radical (unpaired) electrons. The zero-order valence-electron chi connectivity index (χ0n) is 15.3. The molecule has 3 rings (SSSR count). The highest BCUT2D eigenvalue weighted by Gasteiger charge is 2.28. The third kappa shape index (κ3) is 4.70. The molecule has 0 saturated carbocycles. The molecular weight excluding hydrogens is 336 g/mol. The van der Waals surface area contributed by atoms with Crippen LogP contribution in [0.4, 0.5) is 0 Å². The Morgan fingerprint density at radius 1 is 0.741 bits per heavy atom. The molecule has 0 aliphatic heterocycles. The lowest BCUT2D eigenvalue weighted by molar-refractivity contribution is 0.0800. The number of carbonyl (C=O) groups excluding carboxylic acids is 2. The minimum Gasteiger partial charge on any atom is -0.497 e. The maximum absolute atomic E-state index is 13.1. The van der Waals surface area contributed by atoms with Gasteiger partial charge in [-0.1, -0.05) is 60.7 Å². The molecule has 0 bridgehead atoms. The van der Waals surface area contributed by atoms with E-state index in [1.54, 1.807) is 43.5 Å². The zero-order valence-corrected chi connectivity index (χ0v) is 15.3. The first kappa shape index (κ1) is 18.6. The highest BCUT2D eigenvalue weighted by atomic mass is 16.5. The van der Waals surface area contributed by atoms with E-state index in [0.717, 1.165) is 5.56 Å². The number of methoxy groups -OCH3 is 1. The molecule has 136 valence electrons. The lowest BCUT2D eigenvalue weighted by atomic mass is 9.85. The third-order valence-electron chi connectivity index (χ3n) is 4.63. The number of carbonyl (C=O) groups is 2. The van der Waals surface area contributed by atoms with Crippen LogP contribution in [-0.4, -0.2) is 18.7 Å². The van der Waals surface area contributed by atoms with Crippen molar-refractivity contribution in [1.29, 1.82) is 0 Å². The normalized spacial score (nSPS) is 11.6. The minimum atomic E-state index is -0.707. The van der Waals surface area contributed by atoms with E-state index in [-0.39, 0.29) is 11.6 Å². The molecule has 3 aromatic carbocycles. The van der Waals surface area contributed by atoms with Gasteiger partial charge in [0.05, 0.1) is 13.0 Å². The average molecular weight is 358 g/mol. The fourth-order valence-electron chi connectivity index (χ4n) is 3.10. The van der Waals surface area contributed by atoms with Gasteiger partial charge in [-0.3, -0.25) is 9.59 Å². The fraction of sp³-hybridized carbons (Fsp3) is 0.167. The molecule has 0 unspecified atom stereocenters. The van der Waals surface area contributed by atoms with Crippen molar-refractivity contribution in [3.05, 3.63) is 102 Å². The molecule has 1 atom stereocenters. The van der Waals surface area contributed by atoms with Gasteiger partial charge in [0.15, 0.2) is 11.6 Å². The summed E-state index contributed by atoms with van der Waals surface area (Å²) >= 11 is 0. The van der Waals surface area contributed by atoms with Crippen molar-refractivity contribution in [2.24, 2.45) is 5.92 Å². The molecule has 27 heavy (non-hydrogen) atoms. The quantitative estimate of drug-likeness (QED) is 0.420. The van der Waals surface area contributed by atoms with Gasteiger partial charge >= 0.3 is 0 Å². The van der Waals surface area contributed by atoms with Gasteiger partial charge in [-0.25, -0.2) is 0 Å². The Morgan fingerprint density at radius 3 is 1.81 bits per heavy atom. The Bertz CT molecular complexity index is 884. The van der Waals surface area contributed by atoms with E-state index in [1.165, 1.54) is 0 Å². The molecule has 0 heterocycles. The summed E-state index contributed by atoms with van der Waals surface area (Å²) in [6, 6.07) is 25.9. The summed E-state index contributed by atoms with van der Waals surface area (Å²) in [5.74, 6) is -0.308. The van der Waals surface area contributed by atoms with Crippen molar-refractivity contribution in [1.82, 2.24) is 0 Å². The maximum atomic E-state index is 13.1. The lowest BCUT2D eigenvalue weighted by Crippen LogP contribution is -2.25. The summed E-state index contributed by atoms with van der Waals surface area (Å²) in [5, 5.41) is 0. The highest BCUT2D eigenvalue weighted by molar-refractivity contribution is 6.16. The third-order valence-corrected chi connectivity index (χ3v) is 4.63. The topological polar surface area (TPSA) is 43.4 Å². The van der Waals surface area contributed by atoms with Crippen molar-refractivity contribution in [2.45, 2.75) is 12.8 Å². The smallest absolute Gasteiger partial charge is 0.173 e. The van der Waals surface area contributed by atoms with Crippen LogP contribution in [-0.2, 0) is 6.42 Å². The van der Waals surface area contributed by atoms with Crippen LogP contribution in [0.15, 0.2) is 84.9 Å². The Hall–Kier alpha value is -3.20. The summed E-state index contributed by atoms with van der Waals surface area (Å²) < 4.78 is 5.15. The van der Waals surface area contributed by atoms with Crippen molar-refractivity contribution in [2.75, 3.05) is 7.11 Å². The molecule has 0 fully saturated rings. The van der Waals surface area contributed by atoms with E-state index in [9.17, 15) is 9.59 Å². The molecular formula is C24H22O3. The van der Waals surface area contributed by atoms with E-state index in [2.05, 4.69) is 0 Å². The van der Waals surface area contributed by atoms with Crippen molar-refractivity contribution in [3.8, 4) is 5.75 Å². The van der Waals surface area contributed by atoms with E-state index < -0.39 is 5.92 Å². The molecule has 0 N–H and O–H groups in total. The van der Waals surface area contributed by atoms with E-state index >= 15 is 0 Å². The van der Waals surface area contributed by atoms with Gasteiger partial charge in [0.25, 0.3) is 0 Å². The average Bonchev–Trinajstić information content (AvgIpc) is 2.75. The summed E-state index contributed by atoms with van der Waals surface area (Å²) in [6.07, 6.45) is 1.15. The molecule has 3 aromatic rings. The Morgan fingerprint density at radius 2 is 1.26 bits per heavy atom. The monoisotopic (exact) mass is 358 g/mol. The standard InChI is InChI=1S/C24H22O3/c1-27-21-15-13-20(14-16-21)24(26)22(17-12-18-8-4-2-5-9-18)23(25)19-10-6-3-7-11-19/h2-11,13-16,22H,12,17H2,1H3/t22-/m1/s1. The number of benzene rings is 3. The maximum Gasteiger partial charge on any atom is 0.173 e. The van der Waals surface area contributed by atoms with Gasteiger partial charge in [-0.15, -0.1) is 0 Å². The van der Waals surface area contributed by atoms with Crippen molar-refractivity contribution in [3.63, 3.8) is 0 Å². The fourth-order valence-corrected chi connectivity index (χ4v) is 3.10. The number of Topliss-reactive ketones (excluding diaryl/α,β-unsaturated/α-hetero) is 2. The molecule has 0 aromatic heterocycles. The zero-order chi connectivity index (χ0) is 19.1. The Labute approximate surface area is 159 Å². The van der Waals surface area contributed by atoms with Crippen LogP contribution in [0, 0.1) is 5.92 Å². The predicted octanol–water partition coefficient (Wildman–Crippen LogP) is 5.01. The van der Waals surface area contributed by atoms with Gasteiger partial charge in [-0.05, 0) is 42.7 Å². The molecule has 0 spiro atoms. The van der Waals surface area contributed by atoms with Gasteiger partial charge in [0.2, 0.25) is 0 Å². The van der Waals surface area contributed by atoms with Gasteiger partial charge in [-0.2, -0.15) is 0 Å². The summed E-state index contributed by atoms with van der Waals surface area (Å²) in [5.41, 5.74) is 2.21. The second kappa shape index (κ2) is 8.95. The van der Waals surface area contributed by atoms with Gasteiger partial charge in [0, 0.05) is 11.1 Å². The molecule has 3 heteroatoms. The van der Waals surface area contributed by atoms with Gasteiger partial charge in [0.1, 0.15) is 5.75 Å². The van der Waals surface area contributed by atoms with Crippen LogP contribution in [0.2, 0.25) is 0 Å². The molecule has 0 amide bonds. The van der Waals surface area contributed by atoms with Crippen LogP contribution in [0.25, 0.3) is 0 Å². The van der Waals surface area contributed by atoms with Crippen LogP contribution in [0.5, 0.6) is 5.75 Å². The summed E-state index contributed by atoms with van der Waals surface area (Å²) in [7, 11) is 1.58. The van der Waals surface area contributed by atoms with E-state index in [0.29, 0.717) is 29.7 Å². The number of hydrogen-bond acceptors (Lipinski definition) is 3. The number of aryl methyl sites for hydroxylation is 1.